The molecule has 2 heterocycles. The van der Waals surface area contributed by atoms with E-state index in [1.165, 1.54) is 11.1 Å². The fraction of sp³-hybridized carbons (Fsp3) is 0.194. The zero-order valence-corrected chi connectivity index (χ0v) is 21.5. The first-order chi connectivity index (χ1) is 17.5. The number of fused-ring (bicyclic) bond motifs is 1. The molecule has 4 nitrogen and oxygen atoms in total. The number of pyridine rings is 1. The summed E-state index contributed by atoms with van der Waals surface area (Å²) < 4.78 is 5.33. The maximum Gasteiger partial charge on any atom is 0.118 e. The molecule has 178 valence electrons. The van der Waals surface area contributed by atoms with E-state index in [2.05, 4.69) is 44.2 Å². The highest BCUT2D eigenvalue weighted by Gasteiger charge is 2.27. The van der Waals surface area contributed by atoms with E-state index in [1.54, 1.807) is 18.9 Å². The van der Waals surface area contributed by atoms with Crippen molar-refractivity contribution < 1.29 is 4.74 Å². The van der Waals surface area contributed by atoms with Gasteiger partial charge >= 0.3 is 0 Å². The number of nitrogens with zero attached hydrogens (tertiary/aromatic N) is 3. The lowest BCUT2D eigenvalue weighted by Crippen LogP contribution is -2.29. The maximum absolute atomic E-state index is 10.2. The smallest absolute Gasteiger partial charge is 0.118 e. The summed E-state index contributed by atoms with van der Waals surface area (Å²) in [5, 5.41) is 11.0. The lowest BCUT2D eigenvalue weighted by atomic mass is 9.87. The van der Waals surface area contributed by atoms with Gasteiger partial charge in [0.15, 0.2) is 0 Å². The molecule has 5 rings (SSSR count). The van der Waals surface area contributed by atoms with Crippen molar-refractivity contribution in [3.63, 3.8) is 0 Å². The summed E-state index contributed by atoms with van der Waals surface area (Å²) in [4.78, 5) is 10.0. The number of hydrogen-bond acceptors (Lipinski definition) is 5. The molecule has 0 N–H and O–H groups in total. The number of hydrogen-bond donors (Lipinski definition) is 0. The third-order valence-electron chi connectivity index (χ3n) is 6.30. The Morgan fingerprint density at radius 3 is 2.36 bits per heavy atom. The van der Waals surface area contributed by atoms with Crippen molar-refractivity contribution in [2.45, 2.75) is 30.8 Å². The average molecular weight is 490 g/mol. The molecule has 0 bridgehead atoms. The molecule has 0 unspecified atom stereocenters. The Morgan fingerprint density at radius 1 is 0.917 bits per heavy atom. The minimum atomic E-state index is -0.157. The number of benzene rings is 3. The van der Waals surface area contributed by atoms with Crippen molar-refractivity contribution in [1.29, 1.82) is 5.26 Å². The highest BCUT2D eigenvalue weighted by atomic mass is 32.2. The monoisotopic (exact) mass is 489 g/mol. The van der Waals surface area contributed by atoms with Crippen LogP contribution in [0.4, 0.5) is 0 Å². The summed E-state index contributed by atoms with van der Waals surface area (Å²) in [6.07, 6.45) is 0.921. The third-order valence-corrected chi connectivity index (χ3v) is 7.29. The van der Waals surface area contributed by atoms with Gasteiger partial charge in [-0.25, -0.2) is 4.98 Å². The molecule has 1 aliphatic rings. The molecule has 0 aliphatic carbocycles. The molecule has 0 saturated heterocycles. The number of ether oxygens (including phenoxy) is 1. The van der Waals surface area contributed by atoms with Gasteiger partial charge in [-0.05, 0) is 55.2 Å². The van der Waals surface area contributed by atoms with Crippen molar-refractivity contribution >= 4 is 17.5 Å². The van der Waals surface area contributed by atoms with Gasteiger partial charge in [0, 0.05) is 16.9 Å². The summed E-state index contributed by atoms with van der Waals surface area (Å²) in [5.74, 6) is 1.42. The zero-order chi connectivity index (χ0) is 25.1. The Hall–Kier alpha value is -3.88. The number of methoxy groups -OCH3 is 1. The quantitative estimate of drug-likeness (QED) is 0.269. The predicted molar refractivity (Wildman–Crippen MR) is 148 cm³/mol. The van der Waals surface area contributed by atoms with Crippen molar-refractivity contribution in [3.8, 4) is 34.2 Å². The van der Waals surface area contributed by atoms with Crippen LogP contribution in [0.15, 0.2) is 94.9 Å². The van der Waals surface area contributed by atoms with Crippen LogP contribution < -0.4 is 4.74 Å². The highest BCUT2D eigenvalue weighted by Crippen LogP contribution is 2.36. The van der Waals surface area contributed by atoms with Crippen LogP contribution in [0.5, 0.6) is 5.75 Å². The molecule has 0 saturated carbocycles. The van der Waals surface area contributed by atoms with Gasteiger partial charge in [-0.2, -0.15) is 5.26 Å². The summed E-state index contributed by atoms with van der Waals surface area (Å²) >= 11 is 1.58. The lowest BCUT2D eigenvalue weighted by molar-refractivity contribution is 0.415. The van der Waals surface area contributed by atoms with Crippen LogP contribution in [0.25, 0.3) is 22.4 Å². The van der Waals surface area contributed by atoms with Crippen molar-refractivity contribution in [2.24, 2.45) is 4.99 Å². The molecule has 36 heavy (non-hydrogen) atoms. The number of nitriles is 1. The van der Waals surface area contributed by atoms with Crippen LogP contribution in [0, 0.1) is 11.3 Å². The minimum absolute atomic E-state index is 0.157. The number of rotatable bonds is 6. The van der Waals surface area contributed by atoms with E-state index < -0.39 is 0 Å². The molecule has 1 aliphatic heterocycles. The fourth-order valence-corrected chi connectivity index (χ4v) is 5.58. The van der Waals surface area contributed by atoms with Crippen LogP contribution >= 0.6 is 11.8 Å². The first-order valence-corrected chi connectivity index (χ1v) is 12.9. The Balaban J connectivity index is 1.58. The van der Waals surface area contributed by atoms with Crippen LogP contribution in [0.2, 0.25) is 0 Å². The molecule has 0 fully saturated rings. The van der Waals surface area contributed by atoms with Gasteiger partial charge in [-0.3, -0.25) is 4.99 Å². The van der Waals surface area contributed by atoms with E-state index in [4.69, 9.17) is 14.7 Å². The Kier molecular flexibility index (Phi) is 6.63. The van der Waals surface area contributed by atoms with Crippen molar-refractivity contribution in [2.75, 3.05) is 12.9 Å². The molecular weight excluding hydrogens is 462 g/mol. The topological polar surface area (TPSA) is 58.3 Å². The van der Waals surface area contributed by atoms with Crippen LogP contribution in [-0.2, 0) is 6.42 Å². The van der Waals surface area contributed by atoms with Gasteiger partial charge in [-0.15, -0.1) is 0 Å². The van der Waals surface area contributed by atoms with E-state index in [0.29, 0.717) is 16.3 Å². The van der Waals surface area contributed by atoms with E-state index in [9.17, 15) is 5.26 Å². The van der Waals surface area contributed by atoms with Crippen molar-refractivity contribution in [3.05, 3.63) is 102 Å². The van der Waals surface area contributed by atoms with Gasteiger partial charge in [0.05, 0.1) is 29.6 Å². The minimum Gasteiger partial charge on any atom is -0.497 e. The Bertz CT molecular complexity index is 1470. The van der Waals surface area contributed by atoms with E-state index in [-0.39, 0.29) is 5.54 Å². The molecule has 0 atom stereocenters. The average Bonchev–Trinajstić information content (AvgIpc) is 2.91. The summed E-state index contributed by atoms with van der Waals surface area (Å²) in [7, 11) is 1.65. The van der Waals surface area contributed by atoms with Crippen LogP contribution in [0.1, 0.15) is 30.5 Å². The molecule has 0 amide bonds. The number of aromatic nitrogens is 1. The number of aliphatic imine (C=N–C) groups is 1. The molecule has 1 aromatic heterocycles. The summed E-state index contributed by atoms with van der Waals surface area (Å²) in [6, 6.07) is 30.8. The maximum atomic E-state index is 10.2. The molecule has 0 radical (unpaired) electrons. The van der Waals surface area contributed by atoms with Gasteiger partial charge in [0.2, 0.25) is 0 Å². The second-order valence-corrected chi connectivity index (χ2v) is 10.4. The molecular formula is C31H27N3OS. The lowest BCUT2D eigenvalue weighted by Gasteiger charge is -2.29. The van der Waals surface area contributed by atoms with Crippen molar-refractivity contribution in [1.82, 2.24) is 4.98 Å². The number of thioether (sulfide) groups is 1. The second-order valence-electron chi connectivity index (χ2n) is 9.44. The largest absolute Gasteiger partial charge is 0.497 e. The van der Waals surface area contributed by atoms with E-state index >= 15 is 0 Å². The predicted octanol–water partition coefficient (Wildman–Crippen LogP) is 7.21. The van der Waals surface area contributed by atoms with Crippen LogP contribution in [0.3, 0.4) is 0 Å². The van der Waals surface area contributed by atoms with Gasteiger partial charge in [0.1, 0.15) is 16.8 Å². The molecule has 0 spiro atoms. The second kappa shape index (κ2) is 10.0. The summed E-state index contributed by atoms with van der Waals surface area (Å²) in [6.45, 7) is 4.34. The van der Waals surface area contributed by atoms with E-state index in [0.717, 1.165) is 40.3 Å². The standard InChI is InChI=1S/C31H27N3OS/c1-31(2)18-23-11-7-8-12-25(23)29(34-31)20-36-30-27(19-32)26(21-13-15-24(35-3)16-14-21)17-28(33-30)22-9-5-4-6-10-22/h4-17H,18,20H2,1-3H3. The first kappa shape index (κ1) is 23.8. The molecule has 5 heteroatoms. The normalized spacial score (nSPS) is 13.9. The zero-order valence-electron chi connectivity index (χ0n) is 20.7. The molecule has 3 aromatic carbocycles. The van der Waals surface area contributed by atoms with Crippen LogP contribution in [-0.4, -0.2) is 29.1 Å². The Morgan fingerprint density at radius 2 is 1.64 bits per heavy atom. The van der Waals surface area contributed by atoms with Gasteiger partial charge in [-0.1, -0.05) is 78.5 Å². The van der Waals surface area contributed by atoms with Gasteiger partial charge in [0.25, 0.3) is 0 Å². The SMILES string of the molecule is COc1ccc(-c2cc(-c3ccccc3)nc(SCC3=NC(C)(C)Cc4ccccc43)c2C#N)cc1. The molecule has 4 aromatic rings. The van der Waals surface area contributed by atoms with Gasteiger partial charge < -0.3 is 4.74 Å². The summed E-state index contributed by atoms with van der Waals surface area (Å²) in [5.41, 5.74) is 7.65. The Labute approximate surface area is 216 Å². The van der Waals surface area contributed by atoms with E-state index in [1.807, 2.05) is 60.7 Å². The fourth-order valence-electron chi connectivity index (χ4n) is 4.62. The highest BCUT2D eigenvalue weighted by molar-refractivity contribution is 8.00. The third kappa shape index (κ3) is 4.91. The first-order valence-electron chi connectivity index (χ1n) is 11.9.